The van der Waals surface area contributed by atoms with Gasteiger partial charge >= 0.3 is 0 Å². The summed E-state index contributed by atoms with van der Waals surface area (Å²) in [7, 11) is 0. The zero-order valence-electron chi connectivity index (χ0n) is 12.6. The first kappa shape index (κ1) is 15.5. The summed E-state index contributed by atoms with van der Waals surface area (Å²) in [5.41, 5.74) is 2.96. The first-order chi connectivity index (χ1) is 11.2. The first-order valence-electron chi connectivity index (χ1n) is 7.26. The van der Waals surface area contributed by atoms with Crippen molar-refractivity contribution in [3.05, 3.63) is 64.8 Å². The third-order valence-corrected chi connectivity index (χ3v) is 4.02. The van der Waals surface area contributed by atoms with Crippen LogP contribution in [0.2, 0.25) is 0 Å². The highest BCUT2D eigenvalue weighted by Gasteiger charge is 2.13. The van der Waals surface area contributed by atoms with Crippen LogP contribution in [0, 0.1) is 0 Å². The number of hydrogen-bond acceptors (Lipinski definition) is 3. The van der Waals surface area contributed by atoms with Gasteiger partial charge in [-0.05, 0) is 53.2 Å². The lowest BCUT2D eigenvalue weighted by atomic mass is 10.1. The van der Waals surface area contributed by atoms with Crippen LogP contribution in [0.15, 0.2) is 59.2 Å². The number of rotatable bonds is 5. The number of benzene rings is 2. The molecule has 0 aliphatic rings. The molecule has 0 N–H and O–H groups in total. The van der Waals surface area contributed by atoms with Crippen LogP contribution in [0.5, 0.6) is 5.75 Å². The van der Waals surface area contributed by atoms with Gasteiger partial charge in [0.25, 0.3) is 0 Å². The van der Waals surface area contributed by atoms with Crippen molar-refractivity contribution in [1.82, 2.24) is 9.78 Å². The molecule has 1 heterocycles. The van der Waals surface area contributed by atoms with E-state index in [2.05, 4.69) is 21.0 Å². The Hall–Kier alpha value is -2.40. The summed E-state index contributed by atoms with van der Waals surface area (Å²) in [6.07, 6.45) is 2.56. The summed E-state index contributed by atoms with van der Waals surface area (Å²) in [5.74, 6) is 0.770. The monoisotopic (exact) mass is 370 g/mol. The van der Waals surface area contributed by atoms with Gasteiger partial charge in [0.1, 0.15) is 11.4 Å². The molecule has 0 atom stereocenters. The molecule has 0 fully saturated rings. The Kier molecular flexibility index (Phi) is 4.57. The predicted octanol–water partition coefficient (Wildman–Crippen LogP) is 4.51. The molecule has 0 aliphatic heterocycles. The number of aromatic nitrogens is 2. The van der Waals surface area contributed by atoms with Crippen LogP contribution in [-0.4, -0.2) is 22.7 Å². The molecule has 5 heteroatoms. The van der Waals surface area contributed by atoms with Gasteiger partial charge in [-0.3, -0.25) is 4.79 Å². The lowest BCUT2D eigenvalue weighted by Gasteiger charge is -2.07. The van der Waals surface area contributed by atoms with E-state index in [-0.39, 0.29) is 0 Å². The number of nitrogens with zero attached hydrogens (tertiary/aromatic N) is 2. The van der Waals surface area contributed by atoms with E-state index in [1.54, 1.807) is 10.9 Å². The maximum absolute atomic E-state index is 11.4. The molecular formula is C18H15BrN2O2. The average molecular weight is 371 g/mol. The molecule has 4 nitrogen and oxygen atoms in total. The van der Waals surface area contributed by atoms with Gasteiger partial charge < -0.3 is 4.74 Å². The Morgan fingerprint density at radius 2 is 2.00 bits per heavy atom. The molecule has 0 aliphatic carbocycles. The summed E-state index contributed by atoms with van der Waals surface area (Å²) in [5, 5.41) is 4.56. The Labute approximate surface area is 142 Å². The quantitative estimate of drug-likeness (QED) is 0.620. The molecule has 0 unspecified atom stereocenters. The van der Waals surface area contributed by atoms with Crippen molar-refractivity contribution in [3.63, 3.8) is 0 Å². The molecule has 23 heavy (non-hydrogen) atoms. The first-order valence-corrected chi connectivity index (χ1v) is 8.05. The number of ether oxygens (including phenoxy) is 1. The molecule has 0 saturated heterocycles. The standard InChI is InChI=1S/C18H15BrN2O2/c1-2-23-17-9-8-13(10-16(17)19)18-14(12-22)11-21(20-18)15-6-4-3-5-7-15/h3-12H,2H2,1H3. The van der Waals surface area contributed by atoms with Gasteiger partial charge in [0.2, 0.25) is 0 Å². The van der Waals surface area contributed by atoms with Gasteiger partial charge in [0, 0.05) is 11.8 Å². The Balaban J connectivity index is 2.04. The second-order valence-electron chi connectivity index (χ2n) is 4.91. The number of halogens is 1. The third kappa shape index (κ3) is 3.19. The molecule has 3 aromatic rings. The van der Waals surface area contributed by atoms with E-state index >= 15 is 0 Å². The van der Waals surface area contributed by atoms with E-state index in [0.717, 1.165) is 27.8 Å². The Morgan fingerprint density at radius 1 is 1.22 bits per heavy atom. The average Bonchev–Trinajstić information content (AvgIpc) is 3.02. The molecular weight excluding hydrogens is 356 g/mol. The third-order valence-electron chi connectivity index (χ3n) is 3.40. The van der Waals surface area contributed by atoms with Gasteiger partial charge in [0.05, 0.1) is 22.3 Å². The summed E-state index contributed by atoms with van der Waals surface area (Å²) in [4.78, 5) is 11.4. The van der Waals surface area contributed by atoms with Crippen LogP contribution in [0.4, 0.5) is 0 Å². The van der Waals surface area contributed by atoms with E-state index in [9.17, 15) is 4.79 Å². The van der Waals surface area contributed by atoms with E-state index in [1.165, 1.54) is 0 Å². The van der Waals surface area contributed by atoms with Crippen molar-refractivity contribution < 1.29 is 9.53 Å². The highest BCUT2D eigenvalue weighted by molar-refractivity contribution is 9.10. The largest absolute Gasteiger partial charge is 0.493 e. The summed E-state index contributed by atoms with van der Waals surface area (Å²) >= 11 is 3.50. The molecule has 0 bridgehead atoms. The highest BCUT2D eigenvalue weighted by atomic mass is 79.9. The van der Waals surface area contributed by atoms with Crippen molar-refractivity contribution in [2.24, 2.45) is 0 Å². The number of carbonyl (C=O) groups excluding carboxylic acids is 1. The van der Waals surface area contributed by atoms with Crippen molar-refractivity contribution in [3.8, 4) is 22.7 Å². The summed E-state index contributed by atoms with van der Waals surface area (Å²) in [6.45, 7) is 2.53. The number of aldehydes is 1. The molecule has 0 spiro atoms. The minimum Gasteiger partial charge on any atom is -0.493 e. The van der Waals surface area contributed by atoms with Crippen LogP contribution < -0.4 is 4.74 Å². The zero-order valence-corrected chi connectivity index (χ0v) is 14.2. The zero-order chi connectivity index (χ0) is 16.2. The predicted molar refractivity (Wildman–Crippen MR) is 93.3 cm³/mol. The number of carbonyl (C=O) groups is 1. The molecule has 0 saturated carbocycles. The second-order valence-corrected chi connectivity index (χ2v) is 5.76. The minimum atomic E-state index is 0.546. The summed E-state index contributed by atoms with van der Waals surface area (Å²) in [6, 6.07) is 15.4. The van der Waals surface area contributed by atoms with Crippen molar-refractivity contribution in [2.75, 3.05) is 6.61 Å². The van der Waals surface area contributed by atoms with Gasteiger partial charge in [-0.15, -0.1) is 0 Å². The Morgan fingerprint density at radius 3 is 2.65 bits per heavy atom. The normalized spacial score (nSPS) is 10.5. The SMILES string of the molecule is CCOc1ccc(-c2nn(-c3ccccc3)cc2C=O)cc1Br. The summed E-state index contributed by atoms with van der Waals surface area (Å²) < 4.78 is 8.06. The van der Waals surface area contributed by atoms with E-state index in [4.69, 9.17) is 4.74 Å². The van der Waals surface area contributed by atoms with Crippen LogP contribution >= 0.6 is 15.9 Å². The molecule has 0 amide bonds. The van der Waals surface area contributed by atoms with Gasteiger partial charge in [0.15, 0.2) is 6.29 Å². The fraction of sp³-hybridized carbons (Fsp3) is 0.111. The van der Waals surface area contributed by atoms with Gasteiger partial charge in [-0.1, -0.05) is 18.2 Å². The van der Waals surface area contributed by atoms with Gasteiger partial charge in [-0.25, -0.2) is 4.68 Å². The van der Waals surface area contributed by atoms with Crippen molar-refractivity contribution in [2.45, 2.75) is 6.92 Å². The fourth-order valence-electron chi connectivity index (χ4n) is 2.33. The molecule has 116 valence electrons. The topological polar surface area (TPSA) is 44.1 Å². The second kappa shape index (κ2) is 6.79. The smallest absolute Gasteiger partial charge is 0.153 e. The number of para-hydroxylation sites is 1. The van der Waals surface area contributed by atoms with Crippen molar-refractivity contribution >= 4 is 22.2 Å². The molecule has 0 radical (unpaired) electrons. The van der Waals surface area contributed by atoms with E-state index in [1.807, 2.05) is 55.5 Å². The molecule has 1 aromatic heterocycles. The Bertz CT molecular complexity index is 828. The van der Waals surface area contributed by atoms with Crippen LogP contribution in [0.1, 0.15) is 17.3 Å². The van der Waals surface area contributed by atoms with E-state index < -0.39 is 0 Å². The molecule has 3 rings (SSSR count). The van der Waals surface area contributed by atoms with Crippen LogP contribution in [0.3, 0.4) is 0 Å². The van der Waals surface area contributed by atoms with Crippen LogP contribution in [-0.2, 0) is 0 Å². The van der Waals surface area contributed by atoms with E-state index in [0.29, 0.717) is 17.9 Å². The number of hydrogen-bond donors (Lipinski definition) is 0. The highest BCUT2D eigenvalue weighted by Crippen LogP contribution is 2.31. The van der Waals surface area contributed by atoms with Crippen molar-refractivity contribution in [1.29, 1.82) is 0 Å². The lowest BCUT2D eigenvalue weighted by Crippen LogP contribution is -1.95. The van der Waals surface area contributed by atoms with Crippen LogP contribution in [0.25, 0.3) is 16.9 Å². The van der Waals surface area contributed by atoms with Gasteiger partial charge in [-0.2, -0.15) is 5.10 Å². The molecule has 2 aromatic carbocycles. The fourth-order valence-corrected chi connectivity index (χ4v) is 2.82. The lowest BCUT2D eigenvalue weighted by molar-refractivity contribution is 0.112. The minimum absolute atomic E-state index is 0.546. The maximum atomic E-state index is 11.4. The maximum Gasteiger partial charge on any atom is 0.153 e.